The van der Waals surface area contributed by atoms with E-state index < -0.39 is 0 Å². The number of rotatable bonds is 6. The Morgan fingerprint density at radius 2 is 1.85 bits per heavy atom. The van der Waals surface area contributed by atoms with Gasteiger partial charge in [0.2, 0.25) is 5.91 Å². The Kier molecular flexibility index (Phi) is 6.29. The summed E-state index contributed by atoms with van der Waals surface area (Å²) in [7, 11) is 1.65. The largest absolute Gasteiger partial charge is 0.497 e. The number of carbonyl (C=O) groups excluding carboxylic acids is 1. The fourth-order valence-electron chi connectivity index (χ4n) is 3.50. The summed E-state index contributed by atoms with van der Waals surface area (Å²) in [4.78, 5) is 14.9. The molecule has 0 saturated carbocycles. The average Bonchev–Trinajstić information content (AvgIpc) is 2.67. The number of hydrogen-bond acceptors (Lipinski definition) is 3. The molecule has 26 heavy (non-hydrogen) atoms. The SMILES string of the molecule is COc1ccc(CNC(=O)C2CCN(Cc3cccc(C)c3)CC2)cc1. The first kappa shape index (κ1) is 18.5. The molecular formula is C22H28N2O2. The highest BCUT2D eigenvalue weighted by molar-refractivity contribution is 5.78. The Hall–Kier alpha value is -2.33. The van der Waals surface area contributed by atoms with E-state index >= 15 is 0 Å². The van der Waals surface area contributed by atoms with Crippen LogP contribution in [0.3, 0.4) is 0 Å². The van der Waals surface area contributed by atoms with Crippen LogP contribution < -0.4 is 10.1 Å². The van der Waals surface area contributed by atoms with Crippen LogP contribution in [0.15, 0.2) is 48.5 Å². The van der Waals surface area contributed by atoms with Crippen molar-refractivity contribution < 1.29 is 9.53 Å². The molecule has 1 saturated heterocycles. The van der Waals surface area contributed by atoms with Gasteiger partial charge in [-0.1, -0.05) is 42.0 Å². The molecule has 4 heteroatoms. The Morgan fingerprint density at radius 1 is 1.12 bits per heavy atom. The molecule has 3 rings (SSSR count). The van der Waals surface area contributed by atoms with Crippen LogP contribution in [-0.4, -0.2) is 31.0 Å². The van der Waals surface area contributed by atoms with Gasteiger partial charge in [0, 0.05) is 19.0 Å². The first-order valence-electron chi connectivity index (χ1n) is 9.32. The fraction of sp³-hybridized carbons (Fsp3) is 0.409. The molecule has 2 aromatic carbocycles. The number of benzene rings is 2. The highest BCUT2D eigenvalue weighted by Crippen LogP contribution is 2.20. The lowest BCUT2D eigenvalue weighted by atomic mass is 9.95. The third-order valence-corrected chi connectivity index (χ3v) is 5.07. The summed E-state index contributed by atoms with van der Waals surface area (Å²) in [5.74, 6) is 1.14. The van der Waals surface area contributed by atoms with Gasteiger partial charge in [0.15, 0.2) is 0 Å². The molecule has 0 radical (unpaired) electrons. The molecule has 4 nitrogen and oxygen atoms in total. The van der Waals surface area contributed by atoms with E-state index in [9.17, 15) is 4.79 Å². The van der Waals surface area contributed by atoms with Crippen LogP contribution in [0.2, 0.25) is 0 Å². The van der Waals surface area contributed by atoms with Crippen molar-refractivity contribution in [3.05, 3.63) is 65.2 Å². The van der Waals surface area contributed by atoms with Crippen LogP contribution in [0, 0.1) is 12.8 Å². The third kappa shape index (κ3) is 5.09. The number of likely N-dealkylation sites (tertiary alicyclic amines) is 1. The highest BCUT2D eigenvalue weighted by atomic mass is 16.5. The zero-order valence-corrected chi connectivity index (χ0v) is 15.7. The minimum atomic E-state index is 0.127. The van der Waals surface area contributed by atoms with E-state index in [2.05, 4.69) is 41.4 Å². The molecule has 1 fully saturated rings. The van der Waals surface area contributed by atoms with E-state index in [-0.39, 0.29) is 11.8 Å². The van der Waals surface area contributed by atoms with Crippen molar-refractivity contribution >= 4 is 5.91 Å². The lowest BCUT2D eigenvalue weighted by molar-refractivity contribution is -0.126. The normalized spacial score (nSPS) is 15.6. The fourth-order valence-corrected chi connectivity index (χ4v) is 3.50. The maximum Gasteiger partial charge on any atom is 0.223 e. The van der Waals surface area contributed by atoms with Gasteiger partial charge in [-0.3, -0.25) is 9.69 Å². The Balaban J connectivity index is 1.42. The van der Waals surface area contributed by atoms with E-state index in [0.717, 1.165) is 43.8 Å². The second-order valence-corrected chi connectivity index (χ2v) is 7.11. The van der Waals surface area contributed by atoms with Gasteiger partial charge in [0.25, 0.3) is 0 Å². The topological polar surface area (TPSA) is 41.6 Å². The summed E-state index contributed by atoms with van der Waals surface area (Å²) in [5, 5.41) is 3.08. The van der Waals surface area contributed by atoms with Gasteiger partial charge in [0.05, 0.1) is 7.11 Å². The van der Waals surface area contributed by atoms with Crippen LogP contribution in [0.5, 0.6) is 5.75 Å². The molecule has 1 N–H and O–H groups in total. The van der Waals surface area contributed by atoms with Crippen LogP contribution >= 0.6 is 0 Å². The number of piperidine rings is 1. The molecule has 0 unspecified atom stereocenters. The van der Waals surface area contributed by atoms with E-state index in [4.69, 9.17) is 4.74 Å². The van der Waals surface area contributed by atoms with E-state index in [1.807, 2.05) is 24.3 Å². The lowest BCUT2D eigenvalue weighted by Gasteiger charge is -2.31. The molecule has 0 aromatic heterocycles. The molecule has 1 aliphatic rings. The molecule has 1 heterocycles. The number of methoxy groups -OCH3 is 1. The Labute approximate surface area is 156 Å². The predicted molar refractivity (Wildman–Crippen MR) is 104 cm³/mol. The molecule has 1 amide bonds. The first-order chi connectivity index (χ1) is 12.6. The molecule has 1 aliphatic heterocycles. The Morgan fingerprint density at radius 3 is 2.50 bits per heavy atom. The van der Waals surface area contributed by atoms with Gasteiger partial charge in [-0.05, 0) is 56.1 Å². The summed E-state index contributed by atoms with van der Waals surface area (Å²) in [6, 6.07) is 16.5. The number of ether oxygens (including phenoxy) is 1. The van der Waals surface area contributed by atoms with Crippen LogP contribution in [0.25, 0.3) is 0 Å². The second kappa shape index (κ2) is 8.86. The van der Waals surface area contributed by atoms with Crippen molar-refractivity contribution in [1.82, 2.24) is 10.2 Å². The summed E-state index contributed by atoms with van der Waals surface area (Å²) in [6.07, 6.45) is 1.86. The maximum atomic E-state index is 12.4. The summed E-state index contributed by atoms with van der Waals surface area (Å²) >= 11 is 0. The molecule has 0 spiro atoms. The number of hydrogen-bond donors (Lipinski definition) is 1. The van der Waals surface area contributed by atoms with Gasteiger partial charge < -0.3 is 10.1 Å². The number of carbonyl (C=O) groups is 1. The quantitative estimate of drug-likeness (QED) is 0.865. The molecule has 0 bridgehead atoms. The van der Waals surface area contributed by atoms with Crippen molar-refractivity contribution in [2.75, 3.05) is 20.2 Å². The third-order valence-electron chi connectivity index (χ3n) is 5.07. The predicted octanol–water partition coefficient (Wildman–Crippen LogP) is 3.53. The van der Waals surface area contributed by atoms with Crippen molar-refractivity contribution in [3.63, 3.8) is 0 Å². The number of aryl methyl sites for hydroxylation is 1. The smallest absolute Gasteiger partial charge is 0.223 e. The summed E-state index contributed by atoms with van der Waals surface area (Å²) < 4.78 is 5.16. The number of nitrogens with zero attached hydrogens (tertiary/aromatic N) is 1. The van der Waals surface area contributed by atoms with Gasteiger partial charge in [-0.2, -0.15) is 0 Å². The highest BCUT2D eigenvalue weighted by Gasteiger charge is 2.24. The maximum absolute atomic E-state index is 12.4. The molecular weight excluding hydrogens is 324 g/mol. The molecule has 2 aromatic rings. The summed E-state index contributed by atoms with van der Waals surface area (Å²) in [6.45, 7) is 5.64. The van der Waals surface area contributed by atoms with E-state index in [1.54, 1.807) is 7.11 Å². The van der Waals surface area contributed by atoms with Crippen molar-refractivity contribution in [3.8, 4) is 5.75 Å². The van der Waals surface area contributed by atoms with Crippen molar-refractivity contribution in [2.45, 2.75) is 32.9 Å². The minimum absolute atomic E-state index is 0.127. The monoisotopic (exact) mass is 352 g/mol. The van der Waals surface area contributed by atoms with E-state index in [1.165, 1.54) is 11.1 Å². The van der Waals surface area contributed by atoms with Gasteiger partial charge in [0.1, 0.15) is 5.75 Å². The van der Waals surface area contributed by atoms with E-state index in [0.29, 0.717) is 6.54 Å². The number of amides is 1. The lowest BCUT2D eigenvalue weighted by Crippen LogP contribution is -2.40. The zero-order valence-electron chi connectivity index (χ0n) is 15.7. The van der Waals surface area contributed by atoms with Crippen molar-refractivity contribution in [1.29, 1.82) is 0 Å². The molecule has 138 valence electrons. The van der Waals surface area contributed by atoms with Gasteiger partial charge in [-0.25, -0.2) is 0 Å². The average molecular weight is 352 g/mol. The standard InChI is InChI=1S/C22H28N2O2/c1-17-4-3-5-19(14-17)16-24-12-10-20(11-13-24)22(25)23-15-18-6-8-21(26-2)9-7-18/h3-9,14,20H,10-13,15-16H2,1-2H3,(H,23,25). The van der Waals surface area contributed by atoms with Gasteiger partial charge in [-0.15, -0.1) is 0 Å². The van der Waals surface area contributed by atoms with Crippen LogP contribution in [-0.2, 0) is 17.9 Å². The minimum Gasteiger partial charge on any atom is -0.497 e. The van der Waals surface area contributed by atoms with Crippen LogP contribution in [0.1, 0.15) is 29.5 Å². The molecule has 0 atom stereocenters. The van der Waals surface area contributed by atoms with Gasteiger partial charge >= 0.3 is 0 Å². The first-order valence-corrected chi connectivity index (χ1v) is 9.32. The van der Waals surface area contributed by atoms with Crippen LogP contribution in [0.4, 0.5) is 0 Å². The summed E-state index contributed by atoms with van der Waals surface area (Å²) in [5.41, 5.74) is 3.75. The second-order valence-electron chi connectivity index (χ2n) is 7.11. The number of nitrogens with one attached hydrogen (secondary N) is 1. The zero-order chi connectivity index (χ0) is 18.4. The Bertz CT molecular complexity index is 719. The van der Waals surface area contributed by atoms with Crippen molar-refractivity contribution in [2.24, 2.45) is 5.92 Å². The molecule has 0 aliphatic carbocycles.